The van der Waals surface area contributed by atoms with Crippen LogP contribution < -0.4 is 10.1 Å². The average Bonchev–Trinajstić information content (AvgIpc) is 2.67. The Kier molecular flexibility index (Phi) is 7.35. The standard InChI is InChI=1S/C19H24N2O5S/c1-4-26-18-8-6-5-7-15(18)9-14-19(22)20-16-10-12-17(13-11-16)27(23,24)21(2)25-3/h5-8,10-13H,4,9,14H2,1-3H3,(H,20,22). The van der Waals surface area contributed by atoms with Crippen molar-refractivity contribution in [2.45, 2.75) is 24.7 Å². The van der Waals surface area contributed by atoms with E-state index < -0.39 is 10.0 Å². The second kappa shape index (κ2) is 9.50. The summed E-state index contributed by atoms with van der Waals surface area (Å²) in [6, 6.07) is 13.6. The van der Waals surface area contributed by atoms with Crippen LogP contribution in [0.15, 0.2) is 53.4 Å². The Morgan fingerprint density at radius 3 is 2.41 bits per heavy atom. The number of para-hydroxylation sites is 1. The zero-order chi connectivity index (χ0) is 19.9. The molecule has 0 spiro atoms. The Bertz CT molecular complexity index is 866. The number of sulfonamides is 1. The lowest BCUT2D eigenvalue weighted by molar-refractivity contribution is -0.116. The van der Waals surface area contributed by atoms with Crippen LogP contribution in [0.25, 0.3) is 0 Å². The summed E-state index contributed by atoms with van der Waals surface area (Å²) < 4.78 is 30.6. The average molecular weight is 392 g/mol. The molecule has 0 aliphatic carbocycles. The van der Waals surface area contributed by atoms with Gasteiger partial charge >= 0.3 is 0 Å². The summed E-state index contributed by atoms with van der Waals surface area (Å²) in [6.07, 6.45) is 0.837. The van der Waals surface area contributed by atoms with Gasteiger partial charge in [-0.2, -0.15) is 0 Å². The fraction of sp³-hybridized carbons (Fsp3) is 0.316. The molecule has 1 amide bonds. The van der Waals surface area contributed by atoms with E-state index in [1.165, 1.54) is 26.3 Å². The number of rotatable bonds is 9. The molecule has 0 unspecified atom stereocenters. The van der Waals surface area contributed by atoms with E-state index in [1.807, 2.05) is 31.2 Å². The highest BCUT2D eigenvalue weighted by molar-refractivity contribution is 7.89. The molecule has 0 aromatic heterocycles. The number of aryl methyl sites for hydroxylation is 1. The second-order valence-electron chi connectivity index (χ2n) is 5.71. The Morgan fingerprint density at radius 1 is 1.11 bits per heavy atom. The molecule has 1 N–H and O–H groups in total. The van der Waals surface area contributed by atoms with Crippen LogP contribution in [-0.4, -0.2) is 39.6 Å². The lowest BCUT2D eigenvalue weighted by Gasteiger charge is -2.14. The maximum absolute atomic E-state index is 12.2. The fourth-order valence-corrected chi connectivity index (χ4v) is 3.41. The van der Waals surface area contributed by atoms with E-state index >= 15 is 0 Å². The van der Waals surface area contributed by atoms with Gasteiger partial charge in [0, 0.05) is 19.2 Å². The highest BCUT2D eigenvalue weighted by Crippen LogP contribution is 2.21. The first-order chi connectivity index (χ1) is 12.9. The number of anilines is 1. The van der Waals surface area contributed by atoms with E-state index in [2.05, 4.69) is 5.32 Å². The third kappa shape index (κ3) is 5.53. The molecule has 7 nitrogen and oxygen atoms in total. The molecule has 0 aliphatic rings. The SMILES string of the molecule is CCOc1ccccc1CCC(=O)Nc1ccc(S(=O)(=O)N(C)OC)cc1. The number of hydrogen-bond donors (Lipinski definition) is 1. The lowest BCUT2D eigenvalue weighted by Crippen LogP contribution is -2.25. The van der Waals surface area contributed by atoms with Crippen molar-refractivity contribution < 1.29 is 22.8 Å². The number of hydrogen-bond acceptors (Lipinski definition) is 5. The van der Waals surface area contributed by atoms with Gasteiger partial charge in [0.05, 0.1) is 18.6 Å². The van der Waals surface area contributed by atoms with Gasteiger partial charge in [-0.05, 0) is 49.2 Å². The summed E-state index contributed by atoms with van der Waals surface area (Å²) in [4.78, 5) is 17.0. The van der Waals surface area contributed by atoms with E-state index in [-0.39, 0.29) is 17.2 Å². The first-order valence-corrected chi connectivity index (χ1v) is 9.96. The molecule has 0 aliphatic heterocycles. The predicted molar refractivity (Wildman–Crippen MR) is 103 cm³/mol. The Balaban J connectivity index is 1.97. The molecule has 8 heteroatoms. The first kappa shape index (κ1) is 20.9. The van der Waals surface area contributed by atoms with Crippen LogP contribution in [0.1, 0.15) is 18.9 Å². The van der Waals surface area contributed by atoms with Crippen molar-refractivity contribution in [3.8, 4) is 5.75 Å². The van der Waals surface area contributed by atoms with Gasteiger partial charge in [-0.3, -0.25) is 9.63 Å². The third-order valence-electron chi connectivity index (χ3n) is 3.93. The maximum Gasteiger partial charge on any atom is 0.264 e. The van der Waals surface area contributed by atoms with Crippen molar-refractivity contribution in [3.05, 3.63) is 54.1 Å². The van der Waals surface area contributed by atoms with Crippen LogP contribution in [0.3, 0.4) is 0 Å². The van der Waals surface area contributed by atoms with Crippen LogP contribution in [0.5, 0.6) is 5.75 Å². The summed E-state index contributed by atoms with van der Waals surface area (Å²) in [5.41, 5.74) is 1.50. The number of nitrogens with zero attached hydrogens (tertiary/aromatic N) is 1. The number of hydroxylamine groups is 1. The largest absolute Gasteiger partial charge is 0.494 e. The lowest BCUT2D eigenvalue weighted by atomic mass is 10.1. The zero-order valence-corrected chi connectivity index (χ0v) is 16.5. The number of nitrogens with one attached hydrogen (secondary N) is 1. The van der Waals surface area contributed by atoms with Gasteiger partial charge in [0.2, 0.25) is 5.91 Å². The molecule has 146 valence electrons. The van der Waals surface area contributed by atoms with E-state index in [1.54, 1.807) is 12.1 Å². The van der Waals surface area contributed by atoms with Crippen molar-refractivity contribution in [3.63, 3.8) is 0 Å². The van der Waals surface area contributed by atoms with Gasteiger partial charge in [-0.25, -0.2) is 8.42 Å². The fourth-order valence-electron chi connectivity index (χ4n) is 2.44. The summed E-state index contributed by atoms with van der Waals surface area (Å²) >= 11 is 0. The van der Waals surface area contributed by atoms with Gasteiger partial charge in [0.1, 0.15) is 5.75 Å². The predicted octanol–water partition coefficient (Wildman–Crippen LogP) is 2.84. The van der Waals surface area contributed by atoms with Gasteiger partial charge < -0.3 is 10.1 Å². The van der Waals surface area contributed by atoms with Gasteiger partial charge in [-0.1, -0.05) is 22.7 Å². The molecule has 0 radical (unpaired) electrons. The molecule has 0 atom stereocenters. The minimum absolute atomic E-state index is 0.0792. The second-order valence-corrected chi connectivity index (χ2v) is 7.65. The Hall–Kier alpha value is -2.42. The summed E-state index contributed by atoms with van der Waals surface area (Å²) in [5, 5.41) is 2.77. The first-order valence-electron chi connectivity index (χ1n) is 8.52. The molecule has 0 bridgehead atoms. The molecule has 0 fully saturated rings. The molecule has 0 saturated heterocycles. The number of amides is 1. The smallest absolute Gasteiger partial charge is 0.264 e. The molecule has 27 heavy (non-hydrogen) atoms. The number of carbonyl (C=O) groups excluding carboxylic acids is 1. The van der Waals surface area contributed by atoms with Crippen LogP contribution in [0, 0.1) is 0 Å². The number of ether oxygens (including phenoxy) is 1. The van der Waals surface area contributed by atoms with E-state index in [9.17, 15) is 13.2 Å². The minimum atomic E-state index is -3.71. The maximum atomic E-state index is 12.2. The van der Waals surface area contributed by atoms with Crippen molar-refractivity contribution >= 4 is 21.6 Å². The van der Waals surface area contributed by atoms with Crippen LogP contribution >= 0.6 is 0 Å². The van der Waals surface area contributed by atoms with E-state index in [0.717, 1.165) is 15.8 Å². The number of benzene rings is 2. The molecule has 0 heterocycles. The molecule has 2 rings (SSSR count). The molecular weight excluding hydrogens is 368 g/mol. The van der Waals surface area contributed by atoms with Crippen molar-refractivity contribution in [2.75, 3.05) is 26.1 Å². The van der Waals surface area contributed by atoms with Gasteiger partial charge in [0.15, 0.2) is 0 Å². The highest BCUT2D eigenvalue weighted by Gasteiger charge is 2.20. The molecule has 2 aromatic rings. The quantitative estimate of drug-likeness (QED) is 0.664. The Labute approximate surface area is 159 Å². The summed E-state index contributed by atoms with van der Waals surface area (Å²) in [7, 11) is -1.12. The summed E-state index contributed by atoms with van der Waals surface area (Å²) in [6.45, 7) is 2.48. The van der Waals surface area contributed by atoms with Crippen LogP contribution in [0.2, 0.25) is 0 Å². The third-order valence-corrected chi connectivity index (χ3v) is 5.62. The monoisotopic (exact) mass is 392 g/mol. The highest BCUT2D eigenvalue weighted by atomic mass is 32.2. The van der Waals surface area contributed by atoms with Crippen molar-refractivity contribution in [1.29, 1.82) is 0 Å². The van der Waals surface area contributed by atoms with Gasteiger partial charge in [0.25, 0.3) is 10.0 Å². The van der Waals surface area contributed by atoms with E-state index in [0.29, 0.717) is 18.7 Å². The topological polar surface area (TPSA) is 84.9 Å². The molecular formula is C19H24N2O5S. The normalized spacial score (nSPS) is 11.4. The van der Waals surface area contributed by atoms with Crippen molar-refractivity contribution in [2.24, 2.45) is 0 Å². The van der Waals surface area contributed by atoms with Crippen molar-refractivity contribution in [1.82, 2.24) is 4.47 Å². The number of carbonyl (C=O) groups is 1. The van der Waals surface area contributed by atoms with Crippen LogP contribution in [-0.2, 0) is 26.1 Å². The molecule has 0 saturated carbocycles. The minimum Gasteiger partial charge on any atom is -0.494 e. The summed E-state index contributed by atoms with van der Waals surface area (Å²) in [5.74, 6) is 0.621. The van der Waals surface area contributed by atoms with Gasteiger partial charge in [-0.15, -0.1) is 0 Å². The zero-order valence-electron chi connectivity index (χ0n) is 15.6. The van der Waals surface area contributed by atoms with Crippen LogP contribution in [0.4, 0.5) is 5.69 Å². The van der Waals surface area contributed by atoms with E-state index in [4.69, 9.17) is 9.57 Å². The molecule has 2 aromatic carbocycles. The Morgan fingerprint density at radius 2 is 1.78 bits per heavy atom.